The maximum absolute atomic E-state index is 12.9. The molecular formula is C16H17FN2O3. The van der Waals surface area contributed by atoms with Gasteiger partial charge in [-0.3, -0.25) is 4.79 Å². The first-order valence-electron chi connectivity index (χ1n) is 7.26. The normalized spacial score (nSPS) is 15.5. The molecule has 0 radical (unpaired) electrons. The number of carbonyl (C=O) groups excluding carboxylic acids is 1. The molecule has 1 fully saturated rings. The fourth-order valence-electron chi connectivity index (χ4n) is 2.40. The number of aromatic nitrogens is 1. The number of carbonyl (C=O) groups is 1. The average Bonchev–Trinajstić information content (AvgIpc) is 3.22. The van der Waals surface area contributed by atoms with Gasteiger partial charge in [0.2, 0.25) is 5.91 Å². The summed E-state index contributed by atoms with van der Waals surface area (Å²) in [6.07, 6.45) is 2.64. The predicted molar refractivity (Wildman–Crippen MR) is 76.3 cm³/mol. The fourth-order valence-corrected chi connectivity index (χ4v) is 2.40. The van der Waals surface area contributed by atoms with Crippen molar-refractivity contribution >= 4 is 5.91 Å². The number of rotatable bonds is 6. The highest BCUT2D eigenvalue weighted by Crippen LogP contribution is 2.29. The van der Waals surface area contributed by atoms with Crippen molar-refractivity contribution in [1.29, 1.82) is 0 Å². The average molecular weight is 304 g/mol. The van der Waals surface area contributed by atoms with Crippen LogP contribution in [0.25, 0.3) is 0 Å². The van der Waals surface area contributed by atoms with E-state index in [0.29, 0.717) is 11.3 Å². The second kappa shape index (κ2) is 6.27. The Morgan fingerprint density at radius 1 is 1.36 bits per heavy atom. The van der Waals surface area contributed by atoms with Crippen LogP contribution in [0.1, 0.15) is 30.2 Å². The molecule has 6 heteroatoms. The van der Waals surface area contributed by atoms with Gasteiger partial charge >= 0.3 is 0 Å². The minimum absolute atomic E-state index is 0.0856. The van der Waals surface area contributed by atoms with E-state index in [1.54, 1.807) is 11.0 Å². The van der Waals surface area contributed by atoms with E-state index in [2.05, 4.69) is 5.16 Å². The summed E-state index contributed by atoms with van der Waals surface area (Å²) < 4.78 is 17.7. The van der Waals surface area contributed by atoms with Crippen LogP contribution in [-0.4, -0.2) is 33.7 Å². The molecule has 1 heterocycles. The number of amides is 1. The molecule has 1 atom stereocenters. The van der Waals surface area contributed by atoms with Crippen LogP contribution in [0.15, 0.2) is 41.1 Å². The molecule has 1 aromatic carbocycles. The highest BCUT2D eigenvalue weighted by atomic mass is 19.1. The van der Waals surface area contributed by atoms with Crippen molar-refractivity contribution in [3.8, 4) is 0 Å². The number of benzene rings is 1. The van der Waals surface area contributed by atoms with Gasteiger partial charge in [-0.05, 0) is 30.5 Å². The van der Waals surface area contributed by atoms with Gasteiger partial charge in [0.1, 0.15) is 12.1 Å². The number of hydrogen-bond acceptors (Lipinski definition) is 4. The maximum Gasteiger partial charge on any atom is 0.229 e. The monoisotopic (exact) mass is 304 g/mol. The molecular weight excluding hydrogens is 287 g/mol. The van der Waals surface area contributed by atoms with Crippen LogP contribution in [0, 0.1) is 5.82 Å². The third kappa shape index (κ3) is 3.51. The summed E-state index contributed by atoms with van der Waals surface area (Å²) in [5.41, 5.74) is 1.17. The molecule has 0 saturated heterocycles. The summed E-state index contributed by atoms with van der Waals surface area (Å²) in [4.78, 5) is 14.1. The third-order valence-corrected chi connectivity index (χ3v) is 3.76. The van der Waals surface area contributed by atoms with Crippen molar-refractivity contribution in [1.82, 2.24) is 10.1 Å². The Bertz CT molecular complexity index is 623. The largest absolute Gasteiger partial charge is 0.387 e. The first-order chi connectivity index (χ1) is 10.6. The lowest BCUT2D eigenvalue weighted by Gasteiger charge is -2.25. The molecule has 0 aliphatic heterocycles. The number of aliphatic hydroxyl groups excluding tert-OH is 1. The Hall–Kier alpha value is -2.21. The zero-order chi connectivity index (χ0) is 15.5. The van der Waals surface area contributed by atoms with Crippen LogP contribution in [-0.2, 0) is 11.2 Å². The van der Waals surface area contributed by atoms with Crippen LogP contribution in [0.3, 0.4) is 0 Å². The Balaban J connectivity index is 1.66. The summed E-state index contributed by atoms with van der Waals surface area (Å²) in [6.45, 7) is 0.201. The summed E-state index contributed by atoms with van der Waals surface area (Å²) in [5.74, 6) is -0.435. The van der Waals surface area contributed by atoms with Gasteiger partial charge in [-0.1, -0.05) is 17.3 Å². The topological polar surface area (TPSA) is 66.6 Å². The minimum Gasteiger partial charge on any atom is -0.387 e. The van der Waals surface area contributed by atoms with Gasteiger partial charge < -0.3 is 14.5 Å². The van der Waals surface area contributed by atoms with E-state index >= 15 is 0 Å². The van der Waals surface area contributed by atoms with Crippen LogP contribution in [0.4, 0.5) is 4.39 Å². The molecule has 5 nitrogen and oxygen atoms in total. The van der Waals surface area contributed by atoms with Crippen molar-refractivity contribution in [3.63, 3.8) is 0 Å². The summed E-state index contributed by atoms with van der Waals surface area (Å²) >= 11 is 0. The lowest BCUT2D eigenvalue weighted by atomic mass is 10.1. The highest BCUT2D eigenvalue weighted by Gasteiger charge is 2.34. The molecule has 2 aromatic rings. The SMILES string of the molecule is O=C(Cc1ccon1)N(CC(O)c1ccc(F)cc1)C1CC1. The quantitative estimate of drug-likeness (QED) is 0.887. The molecule has 1 unspecified atom stereocenters. The fraction of sp³-hybridized carbons (Fsp3) is 0.375. The molecule has 22 heavy (non-hydrogen) atoms. The number of halogens is 1. The molecule has 1 amide bonds. The molecule has 0 spiro atoms. The first kappa shape index (κ1) is 14.7. The Labute approximate surface area is 127 Å². The zero-order valence-electron chi connectivity index (χ0n) is 12.0. The summed E-state index contributed by atoms with van der Waals surface area (Å²) in [6, 6.07) is 7.50. The lowest BCUT2D eigenvalue weighted by molar-refractivity contribution is -0.132. The molecule has 3 rings (SSSR count). The van der Waals surface area contributed by atoms with Gasteiger partial charge in [0, 0.05) is 12.1 Å². The van der Waals surface area contributed by atoms with E-state index in [1.165, 1.54) is 30.5 Å². The van der Waals surface area contributed by atoms with Crippen molar-refractivity contribution in [2.45, 2.75) is 31.4 Å². The number of nitrogens with zero attached hydrogens (tertiary/aromatic N) is 2. The lowest BCUT2D eigenvalue weighted by Crippen LogP contribution is -2.37. The Morgan fingerprint density at radius 2 is 2.09 bits per heavy atom. The molecule has 1 N–H and O–H groups in total. The smallest absolute Gasteiger partial charge is 0.229 e. The number of aliphatic hydroxyl groups is 1. The molecule has 1 aliphatic rings. The minimum atomic E-state index is -0.831. The summed E-state index contributed by atoms with van der Waals surface area (Å²) in [5, 5.41) is 14.0. The molecule has 116 valence electrons. The standard InChI is InChI=1S/C16H17FN2O3/c17-12-3-1-11(2-4-12)15(20)10-19(14-5-6-14)16(21)9-13-7-8-22-18-13/h1-4,7-8,14-15,20H,5-6,9-10H2. The van der Waals surface area contributed by atoms with Crippen molar-refractivity contribution < 1.29 is 18.8 Å². The van der Waals surface area contributed by atoms with Crippen LogP contribution < -0.4 is 0 Å². The van der Waals surface area contributed by atoms with Gasteiger partial charge in [-0.15, -0.1) is 0 Å². The van der Waals surface area contributed by atoms with Gasteiger partial charge in [-0.2, -0.15) is 0 Å². The molecule has 1 aromatic heterocycles. The van der Waals surface area contributed by atoms with E-state index < -0.39 is 6.10 Å². The van der Waals surface area contributed by atoms with Gasteiger partial charge in [0.25, 0.3) is 0 Å². The molecule has 1 aliphatic carbocycles. The van der Waals surface area contributed by atoms with Gasteiger partial charge in [0.15, 0.2) is 0 Å². The van der Waals surface area contributed by atoms with Crippen molar-refractivity contribution in [2.75, 3.05) is 6.54 Å². The third-order valence-electron chi connectivity index (χ3n) is 3.76. The van der Waals surface area contributed by atoms with Crippen LogP contribution >= 0.6 is 0 Å². The second-order valence-electron chi connectivity index (χ2n) is 5.51. The van der Waals surface area contributed by atoms with Gasteiger partial charge in [0.05, 0.1) is 24.8 Å². The molecule has 1 saturated carbocycles. The van der Waals surface area contributed by atoms with Gasteiger partial charge in [-0.25, -0.2) is 4.39 Å². The maximum atomic E-state index is 12.9. The highest BCUT2D eigenvalue weighted by molar-refractivity contribution is 5.79. The zero-order valence-corrected chi connectivity index (χ0v) is 12.0. The summed E-state index contributed by atoms with van der Waals surface area (Å²) in [7, 11) is 0. The van der Waals surface area contributed by atoms with E-state index in [4.69, 9.17) is 4.52 Å². The Morgan fingerprint density at radius 3 is 2.68 bits per heavy atom. The van der Waals surface area contributed by atoms with E-state index in [9.17, 15) is 14.3 Å². The van der Waals surface area contributed by atoms with E-state index in [0.717, 1.165) is 12.8 Å². The second-order valence-corrected chi connectivity index (χ2v) is 5.51. The van der Waals surface area contributed by atoms with E-state index in [-0.39, 0.29) is 30.7 Å². The van der Waals surface area contributed by atoms with Crippen molar-refractivity contribution in [2.24, 2.45) is 0 Å². The van der Waals surface area contributed by atoms with Crippen LogP contribution in [0.5, 0.6) is 0 Å². The molecule has 0 bridgehead atoms. The Kier molecular flexibility index (Phi) is 4.20. The number of hydrogen-bond donors (Lipinski definition) is 1. The van der Waals surface area contributed by atoms with Crippen LogP contribution in [0.2, 0.25) is 0 Å². The first-order valence-corrected chi connectivity index (χ1v) is 7.26. The van der Waals surface area contributed by atoms with E-state index in [1.807, 2.05) is 0 Å². The van der Waals surface area contributed by atoms with Crippen molar-refractivity contribution in [3.05, 3.63) is 53.7 Å². The predicted octanol–water partition coefficient (Wildman–Crippen LogP) is 2.08.